The maximum atomic E-state index is 12.3. The lowest BCUT2D eigenvalue weighted by molar-refractivity contribution is -0.386. The number of aromatic nitrogens is 4. The van der Waals surface area contributed by atoms with Crippen LogP contribution in [0.3, 0.4) is 0 Å². The second-order valence-corrected chi connectivity index (χ2v) is 5.66. The number of methoxy groups -OCH3 is 1. The number of ether oxygens (including phenoxy) is 1. The molecule has 0 unspecified atom stereocenters. The molecule has 0 radical (unpaired) electrons. The molecule has 2 aromatic heterocycles. The lowest BCUT2D eigenvalue weighted by Gasteiger charge is -2.02. The highest BCUT2D eigenvalue weighted by Crippen LogP contribution is 2.28. The van der Waals surface area contributed by atoms with E-state index in [1.165, 1.54) is 13.3 Å². The molecule has 0 fully saturated rings. The second kappa shape index (κ2) is 7.23. The lowest BCUT2D eigenvalue weighted by atomic mass is 10.2. The fraction of sp³-hybridized carbons (Fsp3) is 0.133. The maximum absolute atomic E-state index is 12.3. The molecule has 134 valence electrons. The Morgan fingerprint density at radius 3 is 2.81 bits per heavy atom. The van der Waals surface area contributed by atoms with Gasteiger partial charge in [0, 0.05) is 11.2 Å². The van der Waals surface area contributed by atoms with E-state index in [1.54, 1.807) is 23.0 Å². The number of nitro groups is 1. The summed E-state index contributed by atoms with van der Waals surface area (Å²) in [6.45, 7) is 0.477. The maximum Gasteiger partial charge on any atom is 0.362 e. The summed E-state index contributed by atoms with van der Waals surface area (Å²) in [5.41, 5.74) is 0.520. The highest BCUT2D eigenvalue weighted by atomic mass is 35.5. The number of hydrogen-bond acceptors (Lipinski definition) is 6. The Balaban J connectivity index is 1.73. The zero-order chi connectivity index (χ0) is 18.7. The first-order valence-corrected chi connectivity index (χ1v) is 7.70. The van der Waals surface area contributed by atoms with E-state index in [0.29, 0.717) is 17.3 Å². The fourth-order valence-electron chi connectivity index (χ4n) is 2.27. The first-order chi connectivity index (χ1) is 12.5. The minimum absolute atomic E-state index is 0.265. The predicted octanol–water partition coefficient (Wildman–Crippen LogP) is 2.48. The summed E-state index contributed by atoms with van der Waals surface area (Å²) in [5, 5.41) is 24.3. The van der Waals surface area contributed by atoms with Crippen LogP contribution in [0.5, 0.6) is 5.88 Å². The largest absolute Gasteiger partial charge is 0.475 e. The van der Waals surface area contributed by atoms with Crippen LogP contribution >= 0.6 is 11.6 Å². The molecule has 0 saturated heterocycles. The van der Waals surface area contributed by atoms with Gasteiger partial charge in [-0.3, -0.25) is 24.7 Å². The van der Waals surface area contributed by atoms with Crippen LogP contribution in [0.25, 0.3) is 0 Å². The molecule has 1 amide bonds. The molecule has 0 bridgehead atoms. The smallest absolute Gasteiger partial charge is 0.362 e. The van der Waals surface area contributed by atoms with E-state index in [4.69, 9.17) is 16.3 Å². The lowest BCUT2D eigenvalue weighted by Crippen LogP contribution is -2.14. The molecule has 11 heteroatoms. The topological polar surface area (TPSA) is 128 Å². The van der Waals surface area contributed by atoms with Crippen molar-refractivity contribution in [3.05, 3.63) is 63.1 Å². The minimum Gasteiger partial charge on any atom is -0.475 e. The highest BCUT2D eigenvalue weighted by molar-refractivity contribution is 6.30. The number of hydrogen-bond donors (Lipinski definition) is 2. The number of aromatic amines is 1. The summed E-state index contributed by atoms with van der Waals surface area (Å²) in [5.74, 6) is -0.989. The monoisotopic (exact) mass is 376 g/mol. The zero-order valence-corrected chi connectivity index (χ0v) is 14.2. The zero-order valence-electron chi connectivity index (χ0n) is 13.5. The van der Waals surface area contributed by atoms with E-state index in [2.05, 4.69) is 20.6 Å². The van der Waals surface area contributed by atoms with Crippen LogP contribution in [0.1, 0.15) is 16.1 Å². The van der Waals surface area contributed by atoms with Crippen molar-refractivity contribution in [2.75, 3.05) is 12.4 Å². The normalized spacial score (nSPS) is 10.5. The molecule has 0 saturated carbocycles. The Hall–Kier alpha value is -3.40. The van der Waals surface area contributed by atoms with Crippen LogP contribution in [0, 0.1) is 10.1 Å². The number of anilines is 1. The Morgan fingerprint density at radius 1 is 1.42 bits per heavy atom. The molecule has 2 N–H and O–H groups in total. The summed E-state index contributed by atoms with van der Waals surface area (Å²) in [6.07, 6.45) is 3.04. The van der Waals surface area contributed by atoms with Crippen LogP contribution in [0.4, 0.5) is 11.4 Å². The number of H-pyrrole nitrogens is 1. The summed E-state index contributed by atoms with van der Waals surface area (Å²) in [7, 11) is 1.23. The number of carbonyl (C=O) groups excluding carboxylic acids is 1. The van der Waals surface area contributed by atoms with E-state index >= 15 is 0 Å². The molecule has 0 atom stereocenters. The number of benzene rings is 1. The third kappa shape index (κ3) is 3.64. The minimum atomic E-state index is -0.735. The number of halogens is 1. The Labute approximate surface area is 151 Å². The molecule has 3 aromatic rings. The van der Waals surface area contributed by atoms with Crippen molar-refractivity contribution in [3.8, 4) is 5.88 Å². The van der Waals surface area contributed by atoms with Gasteiger partial charge in [-0.15, -0.1) is 5.10 Å². The highest BCUT2D eigenvalue weighted by Gasteiger charge is 2.30. The van der Waals surface area contributed by atoms with Gasteiger partial charge < -0.3 is 10.1 Å². The quantitative estimate of drug-likeness (QED) is 0.502. The SMILES string of the molecule is COc1n[nH]c(C(=O)Nc2cnn(Cc3ccc(Cl)cc3)c2)c1[N+](=O)[O-]. The molecule has 10 nitrogen and oxygen atoms in total. The molecule has 0 aliphatic carbocycles. The Kier molecular flexibility index (Phi) is 4.85. The van der Waals surface area contributed by atoms with Gasteiger partial charge in [-0.2, -0.15) is 5.10 Å². The van der Waals surface area contributed by atoms with E-state index in [9.17, 15) is 14.9 Å². The fourth-order valence-corrected chi connectivity index (χ4v) is 2.40. The second-order valence-electron chi connectivity index (χ2n) is 5.22. The number of nitrogens with zero attached hydrogens (tertiary/aromatic N) is 4. The van der Waals surface area contributed by atoms with Crippen LogP contribution in [0.2, 0.25) is 5.02 Å². The number of nitrogens with one attached hydrogen (secondary N) is 2. The van der Waals surface area contributed by atoms with Crippen molar-refractivity contribution < 1.29 is 14.5 Å². The average molecular weight is 377 g/mol. The van der Waals surface area contributed by atoms with Gasteiger partial charge in [0.15, 0.2) is 0 Å². The van der Waals surface area contributed by atoms with Crippen LogP contribution < -0.4 is 10.1 Å². The van der Waals surface area contributed by atoms with Gasteiger partial charge >= 0.3 is 11.6 Å². The van der Waals surface area contributed by atoms with E-state index in [-0.39, 0.29) is 11.6 Å². The van der Waals surface area contributed by atoms with E-state index in [1.807, 2.05) is 12.1 Å². The molecule has 2 heterocycles. The van der Waals surface area contributed by atoms with Gasteiger partial charge in [-0.05, 0) is 17.7 Å². The number of rotatable bonds is 6. The summed E-state index contributed by atoms with van der Waals surface area (Å²) in [4.78, 5) is 22.7. The first-order valence-electron chi connectivity index (χ1n) is 7.33. The molecular weight excluding hydrogens is 364 g/mol. The Morgan fingerprint density at radius 2 is 2.15 bits per heavy atom. The van der Waals surface area contributed by atoms with Gasteiger partial charge in [0.2, 0.25) is 5.69 Å². The van der Waals surface area contributed by atoms with Crippen molar-refractivity contribution in [3.63, 3.8) is 0 Å². The van der Waals surface area contributed by atoms with Gasteiger partial charge in [-0.1, -0.05) is 23.7 Å². The summed E-state index contributed by atoms with van der Waals surface area (Å²) in [6, 6.07) is 7.27. The molecule has 3 rings (SSSR count). The van der Waals surface area contributed by atoms with Gasteiger partial charge in [0.25, 0.3) is 5.91 Å². The predicted molar refractivity (Wildman–Crippen MR) is 92.5 cm³/mol. The number of carbonyl (C=O) groups is 1. The van der Waals surface area contributed by atoms with Crippen molar-refractivity contribution >= 4 is 28.9 Å². The molecular formula is C15H13ClN6O4. The van der Waals surface area contributed by atoms with Crippen LogP contribution in [-0.2, 0) is 6.54 Å². The molecule has 1 aromatic carbocycles. The summed E-state index contributed by atoms with van der Waals surface area (Å²) >= 11 is 5.85. The molecule has 0 aliphatic heterocycles. The first kappa shape index (κ1) is 17.4. The van der Waals surface area contributed by atoms with Crippen molar-refractivity contribution in [1.29, 1.82) is 0 Å². The standard InChI is InChI=1S/C15H13ClN6O4/c1-26-15-13(22(24)25)12(19-20-15)14(23)18-11-6-17-21(8-11)7-9-2-4-10(16)5-3-9/h2-6,8H,7H2,1H3,(H,18,23)(H,19,20). The van der Waals surface area contributed by atoms with Crippen LogP contribution in [0.15, 0.2) is 36.7 Å². The van der Waals surface area contributed by atoms with Crippen molar-refractivity contribution in [1.82, 2.24) is 20.0 Å². The molecule has 0 aliphatic rings. The third-order valence-corrected chi connectivity index (χ3v) is 3.71. The van der Waals surface area contributed by atoms with Gasteiger partial charge in [0.05, 0.1) is 30.5 Å². The summed E-state index contributed by atoms with van der Waals surface area (Å²) < 4.78 is 6.39. The van der Waals surface area contributed by atoms with Crippen molar-refractivity contribution in [2.24, 2.45) is 0 Å². The van der Waals surface area contributed by atoms with E-state index in [0.717, 1.165) is 5.56 Å². The average Bonchev–Trinajstić information content (AvgIpc) is 3.23. The van der Waals surface area contributed by atoms with Crippen LogP contribution in [-0.4, -0.2) is 37.9 Å². The Bertz CT molecular complexity index is 949. The van der Waals surface area contributed by atoms with E-state index < -0.39 is 16.5 Å². The van der Waals surface area contributed by atoms with Gasteiger partial charge in [0.1, 0.15) is 0 Å². The third-order valence-electron chi connectivity index (χ3n) is 3.46. The van der Waals surface area contributed by atoms with Gasteiger partial charge in [-0.25, -0.2) is 0 Å². The van der Waals surface area contributed by atoms with Crippen molar-refractivity contribution in [2.45, 2.75) is 6.54 Å². The number of amides is 1. The molecule has 0 spiro atoms. The molecule has 26 heavy (non-hydrogen) atoms.